The Kier molecular flexibility index (Phi) is 5.62. The van der Waals surface area contributed by atoms with Crippen LogP contribution in [0.5, 0.6) is 0 Å². The summed E-state index contributed by atoms with van der Waals surface area (Å²) in [5, 5.41) is 9.47. The summed E-state index contributed by atoms with van der Waals surface area (Å²) >= 11 is 0. The van der Waals surface area contributed by atoms with Crippen molar-refractivity contribution in [3.63, 3.8) is 0 Å². The molecule has 1 aliphatic heterocycles. The topological polar surface area (TPSA) is 66.8 Å². The maximum Gasteiger partial charge on any atom is 0.313 e. The second-order valence-corrected chi connectivity index (χ2v) is 6.57. The summed E-state index contributed by atoms with van der Waals surface area (Å²) in [6.07, 6.45) is 8.35. The van der Waals surface area contributed by atoms with E-state index < -0.39 is 11.4 Å². The number of hydrogen-bond donors (Lipinski definition) is 1. The molecule has 1 unspecified atom stereocenters. The first-order chi connectivity index (χ1) is 10.1. The molecule has 2 rings (SSSR count). The van der Waals surface area contributed by atoms with Crippen molar-refractivity contribution in [3.05, 3.63) is 0 Å². The van der Waals surface area contributed by atoms with E-state index in [1.54, 1.807) is 4.90 Å². The first-order valence-electron chi connectivity index (χ1n) is 8.10. The number of amides is 1. The number of carboxylic acid groups (broad SMARTS) is 1. The van der Waals surface area contributed by atoms with Gasteiger partial charge in [0.1, 0.15) is 5.41 Å². The third-order valence-electron chi connectivity index (χ3n) is 4.99. The molecule has 0 radical (unpaired) electrons. The van der Waals surface area contributed by atoms with Crippen LogP contribution in [0.2, 0.25) is 0 Å². The van der Waals surface area contributed by atoms with Crippen LogP contribution in [0, 0.1) is 11.3 Å². The largest absolute Gasteiger partial charge is 0.481 e. The van der Waals surface area contributed by atoms with Gasteiger partial charge in [0.25, 0.3) is 0 Å². The number of nitrogens with zero attached hydrogens (tertiary/aromatic N) is 1. The molecular formula is C16H27NO4. The first kappa shape index (κ1) is 16.3. The molecule has 1 aliphatic carbocycles. The van der Waals surface area contributed by atoms with Gasteiger partial charge in [0.2, 0.25) is 5.91 Å². The molecule has 1 saturated heterocycles. The molecule has 2 aliphatic rings. The number of carboxylic acids is 1. The molecule has 0 aromatic carbocycles. The van der Waals surface area contributed by atoms with Gasteiger partial charge in [-0.25, -0.2) is 0 Å². The third kappa shape index (κ3) is 3.76. The summed E-state index contributed by atoms with van der Waals surface area (Å²) in [5.41, 5.74) is -0.911. The van der Waals surface area contributed by atoms with Crippen LogP contribution < -0.4 is 0 Å². The minimum atomic E-state index is -0.911. The fourth-order valence-electron chi connectivity index (χ4n) is 3.65. The lowest BCUT2D eigenvalue weighted by atomic mass is 9.88. The highest BCUT2D eigenvalue weighted by molar-refractivity contribution is 5.82. The van der Waals surface area contributed by atoms with Gasteiger partial charge in [-0.15, -0.1) is 0 Å². The zero-order valence-electron chi connectivity index (χ0n) is 13.0. The number of hydrogen-bond acceptors (Lipinski definition) is 3. The van der Waals surface area contributed by atoms with Crippen molar-refractivity contribution >= 4 is 11.9 Å². The lowest BCUT2D eigenvalue weighted by molar-refractivity contribution is -0.152. The number of ether oxygens (including phenoxy) is 1. The van der Waals surface area contributed by atoms with Crippen LogP contribution in [0.3, 0.4) is 0 Å². The van der Waals surface area contributed by atoms with Crippen LogP contribution in [0.25, 0.3) is 0 Å². The quantitative estimate of drug-likeness (QED) is 0.864. The Morgan fingerprint density at radius 2 is 1.81 bits per heavy atom. The average molecular weight is 297 g/mol. The van der Waals surface area contributed by atoms with E-state index in [9.17, 15) is 14.7 Å². The normalized spacial score (nSPS) is 28.1. The second-order valence-electron chi connectivity index (χ2n) is 6.57. The van der Waals surface area contributed by atoms with E-state index in [4.69, 9.17) is 4.74 Å². The lowest BCUT2D eigenvalue weighted by Gasteiger charge is -2.27. The Labute approximate surface area is 126 Å². The molecule has 5 nitrogen and oxygen atoms in total. The standard InChI is InChI=1S/C16H27NO4/c1-21-12-16(15(19)20)9-10-17(11-16)14(18)13-7-5-3-2-4-6-8-13/h13H,2-12H2,1H3,(H,19,20). The van der Waals surface area contributed by atoms with Crippen molar-refractivity contribution in [2.45, 2.75) is 51.4 Å². The predicted molar refractivity (Wildman–Crippen MR) is 79.0 cm³/mol. The van der Waals surface area contributed by atoms with Gasteiger partial charge in [-0.2, -0.15) is 0 Å². The molecule has 1 atom stereocenters. The van der Waals surface area contributed by atoms with Crippen molar-refractivity contribution in [2.75, 3.05) is 26.8 Å². The first-order valence-corrected chi connectivity index (χ1v) is 8.10. The van der Waals surface area contributed by atoms with E-state index in [2.05, 4.69) is 0 Å². The fourth-order valence-corrected chi connectivity index (χ4v) is 3.65. The number of carbonyl (C=O) groups is 2. The van der Waals surface area contributed by atoms with E-state index in [1.165, 1.54) is 26.4 Å². The van der Waals surface area contributed by atoms with Crippen LogP contribution in [0.1, 0.15) is 51.4 Å². The molecular weight excluding hydrogens is 270 g/mol. The van der Waals surface area contributed by atoms with E-state index in [1.807, 2.05) is 0 Å². The Bertz CT molecular complexity index is 376. The summed E-state index contributed by atoms with van der Waals surface area (Å²) in [4.78, 5) is 26.0. The van der Waals surface area contributed by atoms with Gasteiger partial charge >= 0.3 is 5.97 Å². The van der Waals surface area contributed by atoms with E-state index in [0.717, 1.165) is 25.7 Å². The Morgan fingerprint density at radius 1 is 1.19 bits per heavy atom. The molecule has 1 N–H and O–H groups in total. The molecule has 1 saturated carbocycles. The van der Waals surface area contributed by atoms with Crippen LogP contribution in [0.15, 0.2) is 0 Å². The number of likely N-dealkylation sites (tertiary alicyclic amines) is 1. The fraction of sp³-hybridized carbons (Fsp3) is 0.875. The van der Waals surface area contributed by atoms with Gasteiger partial charge in [0, 0.05) is 26.1 Å². The lowest BCUT2D eigenvalue weighted by Crippen LogP contribution is -2.41. The summed E-state index contributed by atoms with van der Waals surface area (Å²) in [7, 11) is 1.52. The van der Waals surface area contributed by atoms with Crippen molar-refractivity contribution in [1.82, 2.24) is 4.90 Å². The summed E-state index contributed by atoms with van der Waals surface area (Å²) in [6.45, 7) is 1.02. The van der Waals surface area contributed by atoms with Gasteiger partial charge in [-0.3, -0.25) is 9.59 Å². The number of aliphatic carboxylic acids is 1. The SMILES string of the molecule is COCC1(C(=O)O)CCN(C(=O)C2CCCCCCC2)C1. The second kappa shape index (κ2) is 7.25. The van der Waals surface area contributed by atoms with E-state index in [0.29, 0.717) is 19.5 Å². The molecule has 120 valence electrons. The van der Waals surface area contributed by atoms with Crippen LogP contribution in [0.4, 0.5) is 0 Å². The third-order valence-corrected chi connectivity index (χ3v) is 4.99. The highest BCUT2D eigenvalue weighted by Gasteiger charge is 2.47. The Hall–Kier alpha value is -1.10. The van der Waals surface area contributed by atoms with E-state index in [-0.39, 0.29) is 18.4 Å². The van der Waals surface area contributed by atoms with Gasteiger partial charge in [-0.05, 0) is 19.3 Å². The molecule has 0 spiro atoms. The number of methoxy groups -OCH3 is 1. The highest BCUT2D eigenvalue weighted by atomic mass is 16.5. The summed E-state index contributed by atoms with van der Waals surface area (Å²) in [5.74, 6) is -0.592. The number of rotatable bonds is 4. The van der Waals surface area contributed by atoms with Crippen LogP contribution in [-0.4, -0.2) is 48.7 Å². The molecule has 0 bridgehead atoms. The monoisotopic (exact) mass is 297 g/mol. The van der Waals surface area contributed by atoms with Crippen molar-refractivity contribution < 1.29 is 19.4 Å². The highest BCUT2D eigenvalue weighted by Crippen LogP contribution is 2.33. The minimum Gasteiger partial charge on any atom is -0.481 e. The zero-order chi connectivity index (χ0) is 15.3. The smallest absolute Gasteiger partial charge is 0.313 e. The molecule has 21 heavy (non-hydrogen) atoms. The van der Waals surface area contributed by atoms with Crippen molar-refractivity contribution in [3.8, 4) is 0 Å². The van der Waals surface area contributed by atoms with Gasteiger partial charge in [-0.1, -0.05) is 32.1 Å². The van der Waals surface area contributed by atoms with Crippen molar-refractivity contribution in [1.29, 1.82) is 0 Å². The number of carbonyl (C=O) groups excluding carboxylic acids is 1. The molecule has 0 aromatic heterocycles. The van der Waals surface area contributed by atoms with Crippen LogP contribution in [-0.2, 0) is 14.3 Å². The van der Waals surface area contributed by atoms with E-state index >= 15 is 0 Å². The summed E-state index contributed by atoms with van der Waals surface area (Å²) in [6, 6.07) is 0. The summed E-state index contributed by atoms with van der Waals surface area (Å²) < 4.78 is 5.08. The minimum absolute atomic E-state index is 0.0949. The predicted octanol–water partition coefficient (Wildman–Crippen LogP) is 2.30. The Morgan fingerprint density at radius 3 is 2.38 bits per heavy atom. The van der Waals surface area contributed by atoms with Gasteiger partial charge < -0.3 is 14.7 Å². The maximum atomic E-state index is 12.7. The molecule has 1 amide bonds. The van der Waals surface area contributed by atoms with Gasteiger partial charge in [0.15, 0.2) is 0 Å². The van der Waals surface area contributed by atoms with Crippen molar-refractivity contribution in [2.24, 2.45) is 11.3 Å². The molecule has 2 fully saturated rings. The van der Waals surface area contributed by atoms with Gasteiger partial charge in [0.05, 0.1) is 6.61 Å². The molecule has 0 aromatic rings. The Balaban J connectivity index is 1.98. The zero-order valence-corrected chi connectivity index (χ0v) is 13.0. The molecule has 1 heterocycles. The molecule has 5 heteroatoms. The maximum absolute atomic E-state index is 12.7. The average Bonchev–Trinajstić information content (AvgIpc) is 2.84. The van der Waals surface area contributed by atoms with Crippen LogP contribution >= 0.6 is 0 Å².